The third-order valence-electron chi connectivity index (χ3n) is 6.58. The largest absolute Gasteiger partial charge is 0.322 e. The van der Waals surface area contributed by atoms with Crippen molar-refractivity contribution in [2.24, 2.45) is 0 Å². The number of aromatic nitrogens is 3. The van der Waals surface area contributed by atoms with Gasteiger partial charge in [-0.05, 0) is 74.2 Å². The molecule has 2 aromatic carbocycles. The minimum Gasteiger partial charge on any atom is -0.322 e. The highest BCUT2D eigenvalue weighted by Crippen LogP contribution is 2.25. The Morgan fingerprint density at radius 3 is 2.21 bits per heavy atom. The number of anilines is 1. The Morgan fingerprint density at radius 1 is 0.794 bits per heavy atom. The summed E-state index contributed by atoms with van der Waals surface area (Å²) in [4.78, 5) is 12.9. The van der Waals surface area contributed by atoms with Crippen LogP contribution in [0.15, 0.2) is 53.4 Å². The average molecular weight is 480 g/mol. The molecule has 0 saturated carbocycles. The van der Waals surface area contributed by atoms with Gasteiger partial charge in [0.15, 0.2) is 5.82 Å². The number of hydrogen-bond donors (Lipinski definition) is 1. The molecule has 2 aliphatic heterocycles. The molecule has 0 atom stereocenters. The third kappa shape index (κ3) is 4.63. The van der Waals surface area contributed by atoms with Gasteiger partial charge in [-0.15, -0.1) is 10.2 Å². The Balaban J connectivity index is 1.26. The van der Waals surface area contributed by atoms with Crippen molar-refractivity contribution in [3.8, 4) is 11.4 Å². The maximum atomic E-state index is 12.8. The Kier molecular flexibility index (Phi) is 6.47. The molecule has 3 aromatic rings. The van der Waals surface area contributed by atoms with E-state index in [1.54, 1.807) is 12.1 Å². The van der Waals surface area contributed by atoms with Gasteiger partial charge in [0.1, 0.15) is 5.82 Å². The summed E-state index contributed by atoms with van der Waals surface area (Å²) < 4.78 is 29.3. The van der Waals surface area contributed by atoms with Gasteiger partial charge in [0.25, 0.3) is 5.91 Å². The van der Waals surface area contributed by atoms with Crippen LogP contribution in [0.3, 0.4) is 0 Å². The fourth-order valence-electron chi connectivity index (χ4n) is 4.64. The van der Waals surface area contributed by atoms with Crippen LogP contribution in [0.4, 0.5) is 5.69 Å². The van der Waals surface area contributed by atoms with Crippen molar-refractivity contribution in [3.63, 3.8) is 0 Å². The normalized spacial score (nSPS) is 17.1. The van der Waals surface area contributed by atoms with Gasteiger partial charge in [-0.3, -0.25) is 4.79 Å². The van der Waals surface area contributed by atoms with Crippen molar-refractivity contribution in [3.05, 3.63) is 59.9 Å². The van der Waals surface area contributed by atoms with Crippen LogP contribution in [-0.2, 0) is 23.0 Å². The van der Waals surface area contributed by atoms with E-state index in [1.807, 2.05) is 24.3 Å². The molecule has 9 heteroatoms. The third-order valence-corrected chi connectivity index (χ3v) is 8.49. The molecule has 2 aliphatic rings. The first-order chi connectivity index (χ1) is 16.5. The van der Waals surface area contributed by atoms with Gasteiger partial charge in [0.2, 0.25) is 10.0 Å². The summed E-state index contributed by atoms with van der Waals surface area (Å²) in [6.45, 7) is 2.04. The van der Waals surface area contributed by atoms with Crippen LogP contribution in [0.25, 0.3) is 11.4 Å². The minimum absolute atomic E-state index is 0.225. The molecule has 8 nitrogen and oxygen atoms in total. The van der Waals surface area contributed by atoms with E-state index in [1.165, 1.54) is 22.9 Å². The van der Waals surface area contributed by atoms with Crippen molar-refractivity contribution in [2.45, 2.75) is 56.4 Å². The second-order valence-corrected chi connectivity index (χ2v) is 10.9. The standard InChI is InChI=1S/C25H29N5O3S/c31-25(20-10-14-22(15-11-20)34(32,33)29-16-4-2-5-17-29)26-21-12-8-19(9-13-21)24-28-27-23-7-3-1-6-18-30(23)24/h8-15H,1-7,16-18H2,(H,26,31). The Morgan fingerprint density at radius 2 is 1.47 bits per heavy atom. The zero-order valence-electron chi connectivity index (χ0n) is 19.1. The number of hydrogen-bond acceptors (Lipinski definition) is 5. The van der Waals surface area contributed by atoms with Gasteiger partial charge < -0.3 is 9.88 Å². The molecule has 0 unspecified atom stereocenters. The summed E-state index contributed by atoms with van der Waals surface area (Å²) in [7, 11) is -3.51. The van der Waals surface area contributed by atoms with Crippen LogP contribution in [0.1, 0.15) is 54.7 Å². The Hall–Kier alpha value is -3.04. The molecule has 1 aromatic heterocycles. The molecule has 1 fully saturated rings. The van der Waals surface area contributed by atoms with Gasteiger partial charge in [-0.2, -0.15) is 4.31 Å². The van der Waals surface area contributed by atoms with Crippen molar-refractivity contribution < 1.29 is 13.2 Å². The van der Waals surface area contributed by atoms with Gasteiger partial charge in [0, 0.05) is 42.9 Å². The number of benzene rings is 2. The fourth-order valence-corrected chi connectivity index (χ4v) is 6.15. The van der Waals surface area contributed by atoms with E-state index < -0.39 is 10.0 Å². The SMILES string of the molecule is O=C(Nc1ccc(-c2nnc3n2CCCCC3)cc1)c1ccc(S(=O)(=O)N2CCCCC2)cc1. The number of aryl methyl sites for hydroxylation is 1. The quantitative estimate of drug-likeness (QED) is 0.594. The topological polar surface area (TPSA) is 97.2 Å². The van der Waals surface area contributed by atoms with Crippen molar-refractivity contribution in [2.75, 3.05) is 18.4 Å². The zero-order chi connectivity index (χ0) is 23.5. The molecule has 0 aliphatic carbocycles. The maximum Gasteiger partial charge on any atom is 0.255 e. The maximum absolute atomic E-state index is 12.8. The molecular weight excluding hydrogens is 450 g/mol. The molecular formula is C25H29N5O3S. The molecule has 0 bridgehead atoms. The molecule has 178 valence electrons. The van der Waals surface area contributed by atoms with Gasteiger partial charge in [0.05, 0.1) is 4.90 Å². The predicted molar refractivity (Wildman–Crippen MR) is 130 cm³/mol. The fraction of sp³-hybridized carbons (Fsp3) is 0.400. The number of carbonyl (C=O) groups is 1. The second-order valence-electron chi connectivity index (χ2n) is 8.92. The summed E-state index contributed by atoms with van der Waals surface area (Å²) in [5.74, 6) is 1.61. The summed E-state index contributed by atoms with van der Waals surface area (Å²) in [6.07, 6.45) is 7.28. The van der Waals surface area contributed by atoms with Crippen LogP contribution >= 0.6 is 0 Å². The number of sulfonamides is 1. The summed E-state index contributed by atoms with van der Waals surface area (Å²) in [5.41, 5.74) is 2.03. The van der Waals surface area contributed by atoms with Crippen molar-refractivity contribution >= 4 is 21.6 Å². The molecule has 3 heterocycles. The smallest absolute Gasteiger partial charge is 0.255 e. The van der Waals surface area contributed by atoms with Crippen molar-refractivity contribution in [1.82, 2.24) is 19.1 Å². The zero-order valence-corrected chi connectivity index (χ0v) is 19.9. The molecule has 0 radical (unpaired) electrons. The number of amides is 1. The van der Waals surface area contributed by atoms with Gasteiger partial charge >= 0.3 is 0 Å². The first-order valence-corrected chi connectivity index (χ1v) is 13.4. The lowest BCUT2D eigenvalue weighted by Crippen LogP contribution is -2.35. The van der Waals surface area contributed by atoms with E-state index in [9.17, 15) is 13.2 Å². The van der Waals surface area contributed by atoms with Gasteiger partial charge in [-0.25, -0.2) is 8.42 Å². The van der Waals surface area contributed by atoms with Crippen LogP contribution < -0.4 is 5.32 Å². The lowest BCUT2D eigenvalue weighted by molar-refractivity contribution is 0.102. The van der Waals surface area contributed by atoms with E-state index in [4.69, 9.17) is 0 Å². The first-order valence-electron chi connectivity index (χ1n) is 12.0. The number of nitrogens with one attached hydrogen (secondary N) is 1. The first kappa shape index (κ1) is 22.7. The molecule has 0 spiro atoms. The van der Waals surface area contributed by atoms with Crippen LogP contribution in [0.5, 0.6) is 0 Å². The van der Waals surface area contributed by atoms with Crippen LogP contribution in [0.2, 0.25) is 0 Å². The van der Waals surface area contributed by atoms with Crippen molar-refractivity contribution in [1.29, 1.82) is 0 Å². The van der Waals surface area contributed by atoms with E-state index in [0.717, 1.165) is 62.3 Å². The summed E-state index contributed by atoms with van der Waals surface area (Å²) in [5, 5.41) is 11.6. The number of rotatable bonds is 5. The number of nitrogens with zero attached hydrogens (tertiary/aromatic N) is 4. The highest BCUT2D eigenvalue weighted by molar-refractivity contribution is 7.89. The van der Waals surface area contributed by atoms with E-state index in [2.05, 4.69) is 20.1 Å². The highest BCUT2D eigenvalue weighted by Gasteiger charge is 2.26. The average Bonchev–Trinajstić information content (AvgIpc) is 3.13. The Bertz CT molecular complexity index is 1260. The van der Waals surface area contributed by atoms with Crippen LogP contribution in [-0.4, -0.2) is 46.5 Å². The molecule has 34 heavy (non-hydrogen) atoms. The highest BCUT2D eigenvalue weighted by atomic mass is 32.2. The number of fused-ring (bicyclic) bond motifs is 1. The second kappa shape index (κ2) is 9.68. The monoisotopic (exact) mass is 479 g/mol. The van der Waals surface area contributed by atoms with Gasteiger partial charge in [-0.1, -0.05) is 12.8 Å². The van der Waals surface area contributed by atoms with E-state index >= 15 is 0 Å². The van der Waals surface area contributed by atoms with E-state index in [0.29, 0.717) is 24.3 Å². The number of piperidine rings is 1. The Labute approximate surface area is 200 Å². The minimum atomic E-state index is -3.51. The summed E-state index contributed by atoms with van der Waals surface area (Å²) >= 11 is 0. The molecule has 1 N–H and O–H groups in total. The molecule has 1 amide bonds. The predicted octanol–water partition coefficient (Wildman–Crippen LogP) is 4.10. The van der Waals surface area contributed by atoms with E-state index in [-0.39, 0.29) is 10.8 Å². The lowest BCUT2D eigenvalue weighted by Gasteiger charge is -2.25. The summed E-state index contributed by atoms with van der Waals surface area (Å²) in [6, 6.07) is 13.7. The molecule has 1 saturated heterocycles. The number of carbonyl (C=O) groups excluding carboxylic acids is 1. The molecule has 5 rings (SSSR count). The van der Waals surface area contributed by atoms with Crippen LogP contribution in [0, 0.1) is 0 Å². The lowest BCUT2D eigenvalue weighted by atomic mass is 10.1.